The van der Waals surface area contributed by atoms with Gasteiger partial charge in [-0.2, -0.15) is 0 Å². The third-order valence-electron chi connectivity index (χ3n) is 4.78. The maximum absolute atomic E-state index is 11.6. The van der Waals surface area contributed by atoms with Gasteiger partial charge in [-0.25, -0.2) is 0 Å². The van der Waals surface area contributed by atoms with E-state index in [2.05, 4.69) is 18.7 Å². The van der Waals surface area contributed by atoms with E-state index in [1.54, 1.807) is 6.92 Å². The molecule has 0 spiro atoms. The van der Waals surface area contributed by atoms with Crippen molar-refractivity contribution in [3.63, 3.8) is 0 Å². The Hall–Kier alpha value is -1.59. The number of β-amino-alcohol motifs (C(OH)–C–C–N with tert-alkyl or cyclic N) is 1. The summed E-state index contributed by atoms with van der Waals surface area (Å²) in [6.07, 6.45) is -0.563. The van der Waals surface area contributed by atoms with Crippen LogP contribution in [0.1, 0.15) is 31.9 Å². The molecule has 0 saturated carbocycles. The number of rotatable bonds is 5. The van der Waals surface area contributed by atoms with Crippen LogP contribution in [0.25, 0.3) is 0 Å². The Morgan fingerprint density at radius 3 is 2.46 bits per heavy atom. The van der Waals surface area contributed by atoms with Crippen molar-refractivity contribution >= 4 is 5.91 Å². The molecule has 0 aliphatic carbocycles. The van der Waals surface area contributed by atoms with Gasteiger partial charge < -0.3 is 14.7 Å². The molecule has 1 heterocycles. The first-order chi connectivity index (χ1) is 11.2. The molecule has 1 unspecified atom stereocenters. The van der Waals surface area contributed by atoms with Crippen LogP contribution in [0.15, 0.2) is 18.2 Å². The predicted octanol–water partition coefficient (Wildman–Crippen LogP) is 1.99. The number of benzene rings is 1. The molecule has 1 fully saturated rings. The van der Waals surface area contributed by atoms with Crippen LogP contribution in [0.4, 0.5) is 0 Å². The largest absolute Gasteiger partial charge is 0.490 e. The van der Waals surface area contributed by atoms with Crippen LogP contribution in [0.2, 0.25) is 0 Å². The second-order valence-electron chi connectivity index (χ2n) is 7.38. The lowest BCUT2D eigenvalue weighted by molar-refractivity contribution is -0.134. The van der Waals surface area contributed by atoms with Crippen molar-refractivity contribution in [2.75, 3.05) is 32.8 Å². The van der Waals surface area contributed by atoms with Gasteiger partial charge in [0.05, 0.1) is 0 Å². The smallest absolute Gasteiger partial charge is 0.219 e. The summed E-state index contributed by atoms with van der Waals surface area (Å²) >= 11 is 0. The molecule has 1 atom stereocenters. The van der Waals surface area contributed by atoms with Crippen molar-refractivity contribution in [3.8, 4) is 5.75 Å². The highest BCUT2D eigenvalue weighted by atomic mass is 16.5. The van der Waals surface area contributed by atoms with Crippen molar-refractivity contribution in [1.29, 1.82) is 0 Å². The molecular weight excluding hydrogens is 304 g/mol. The first-order valence-electron chi connectivity index (χ1n) is 8.58. The number of aryl methyl sites for hydroxylation is 2. The molecule has 5 heteroatoms. The number of aliphatic hydroxyl groups excluding tert-OH is 1. The summed E-state index contributed by atoms with van der Waals surface area (Å²) < 4.78 is 5.86. The predicted molar refractivity (Wildman–Crippen MR) is 95.3 cm³/mol. The topological polar surface area (TPSA) is 53.0 Å². The quantitative estimate of drug-likeness (QED) is 0.895. The van der Waals surface area contributed by atoms with E-state index in [1.807, 2.05) is 36.9 Å². The molecule has 1 aliphatic rings. The molecule has 1 aromatic rings. The van der Waals surface area contributed by atoms with Gasteiger partial charge in [0.15, 0.2) is 0 Å². The van der Waals surface area contributed by atoms with Crippen LogP contribution in [0, 0.1) is 13.8 Å². The first kappa shape index (κ1) is 18.7. The number of para-hydroxylation sites is 1. The highest BCUT2D eigenvalue weighted by Crippen LogP contribution is 2.24. The molecule has 1 saturated heterocycles. The number of piperazine rings is 1. The molecule has 2 rings (SSSR count). The number of carbonyl (C=O) groups excluding carboxylic acids is 1. The Balaban J connectivity index is 1.90. The minimum atomic E-state index is -0.563. The molecule has 0 bridgehead atoms. The van der Waals surface area contributed by atoms with Gasteiger partial charge in [-0.05, 0) is 38.8 Å². The normalized spacial score (nSPS) is 19.2. The van der Waals surface area contributed by atoms with E-state index in [0.717, 1.165) is 23.4 Å². The number of hydrogen-bond acceptors (Lipinski definition) is 4. The van der Waals surface area contributed by atoms with Crippen molar-refractivity contribution in [2.45, 2.75) is 46.3 Å². The summed E-state index contributed by atoms with van der Waals surface area (Å²) in [7, 11) is 0. The van der Waals surface area contributed by atoms with Crippen LogP contribution >= 0.6 is 0 Å². The Labute approximate surface area is 145 Å². The van der Waals surface area contributed by atoms with Crippen molar-refractivity contribution in [3.05, 3.63) is 29.3 Å². The van der Waals surface area contributed by atoms with Crippen molar-refractivity contribution in [1.82, 2.24) is 9.80 Å². The van der Waals surface area contributed by atoms with E-state index in [0.29, 0.717) is 19.6 Å². The van der Waals surface area contributed by atoms with Gasteiger partial charge in [-0.15, -0.1) is 0 Å². The van der Waals surface area contributed by atoms with E-state index >= 15 is 0 Å². The Bertz CT molecular complexity index is 566. The lowest BCUT2D eigenvalue weighted by Crippen LogP contribution is -2.61. The van der Waals surface area contributed by atoms with E-state index in [4.69, 9.17) is 4.74 Å². The molecule has 1 amide bonds. The van der Waals surface area contributed by atoms with Gasteiger partial charge in [0.25, 0.3) is 0 Å². The Kier molecular flexibility index (Phi) is 5.88. The van der Waals surface area contributed by atoms with E-state index in [9.17, 15) is 9.90 Å². The number of ether oxygens (including phenoxy) is 1. The zero-order chi connectivity index (χ0) is 17.9. The molecule has 24 heavy (non-hydrogen) atoms. The van der Waals surface area contributed by atoms with Gasteiger partial charge in [-0.1, -0.05) is 18.2 Å². The van der Waals surface area contributed by atoms with Crippen LogP contribution in [0.5, 0.6) is 5.75 Å². The summed E-state index contributed by atoms with van der Waals surface area (Å²) in [5.41, 5.74) is 2.01. The van der Waals surface area contributed by atoms with Crippen molar-refractivity contribution < 1.29 is 14.6 Å². The van der Waals surface area contributed by atoms with Gasteiger partial charge in [0.1, 0.15) is 18.5 Å². The van der Waals surface area contributed by atoms with Gasteiger partial charge >= 0.3 is 0 Å². The van der Waals surface area contributed by atoms with E-state index in [1.165, 1.54) is 0 Å². The molecule has 134 valence electrons. The van der Waals surface area contributed by atoms with Gasteiger partial charge in [0.2, 0.25) is 5.91 Å². The second-order valence-corrected chi connectivity index (χ2v) is 7.38. The second kappa shape index (κ2) is 7.53. The molecule has 1 N–H and O–H groups in total. The summed E-state index contributed by atoms with van der Waals surface area (Å²) in [6, 6.07) is 6.03. The number of aliphatic hydroxyl groups is 1. The monoisotopic (exact) mass is 334 g/mol. The van der Waals surface area contributed by atoms with Crippen LogP contribution in [0.3, 0.4) is 0 Å². The highest BCUT2D eigenvalue weighted by Gasteiger charge is 2.35. The maximum Gasteiger partial charge on any atom is 0.219 e. The number of nitrogens with zero attached hydrogens (tertiary/aromatic N) is 2. The number of hydrogen-bond donors (Lipinski definition) is 1. The molecular formula is C19H30N2O3. The molecule has 1 aromatic carbocycles. The minimum Gasteiger partial charge on any atom is -0.490 e. The fourth-order valence-electron chi connectivity index (χ4n) is 3.31. The standard InChI is InChI=1S/C19H30N2O3/c1-14-7-6-8-15(2)18(14)24-12-17(23)11-21-10-9-20(16(3)22)13-19(21,4)5/h6-8,17,23H,9-13H2,1-5H3. The summed E-state index contributed by atoms with van der Waals surface area (Å²) in [4.78, 5) is 15.7. The molecule has 0 aromatic heterocycles. The van der Waals surface area contributed by atoms with Crippen molar-refractivity contribution in [2.24, 2.45) is 0 Å². The lowest BCUT2D eigenvalue weighted by Gasteiger charge is -2.47. The van der Waals surface area contributed by atoms with Crippen LogP contribution in [-0.4, -0.2) is 65.2 Å². The summed E-state index contributed by atoms with van der Waals surface area (Å²) in [5, 5.41) is 10.4. The fourth-order valence-corrected chi connectivity index (χ4v) is 3.31. The maximum atomic E-state index is 11.6. The summed E-state index contributed by atoms with van der Waals surface area (Å²) in [6.45, 7) is 12.8. The van der Waals surface area contributed by atoms with E-state index < -0.39 is 6.10 Å². The zero-order valence-electron chi connectivity index (χ0n) is 15.5. The third-order valence-corrected chi connectivity index (χ3v) is 4.78. The molecule has 5 nitrogen and oxygen atoms in total. The third kappa shape index (κ3) is 4.48. The summed E-state index contributed by atoms with van der Waals surface area (Å²) in [5.74, 6) is 0.971. The molecule has 0 radical (unpaired) electrons. The van der Waals surface area contributed by atoms with Crippen LogP contribution in [-0.2, 0) is 4.79 Å². The van der Waals surface area contributed by atoms with Gasteiger partial charge in [0, 0.05) is 38.6 Å². The lowest BCUT2D eigenvalue weighted by atomic mass is 9.98. The Morgan fingerprint density at radius 1 is 1.29 bits per heavy atom. The average molecular weight is 334 g/mol. The van der Waals surface area contributed by atoms with Gasteiger partial charge in [-0.3, -0.25) is 9.69 Å². The van der Waals surface area contributed by atoms with E-state index in [-0.39, 0.29) is 18.1 Å². The zero-order valence-corrected chi connectivity index (χ0v) is 15.5. The average Bonchev–Trinajstić information content (AvgIpc) is 2.48. The van der Waals surface area contributed by atoms with Crippen LogP contribution < -0.4 is 4.74 Å². The highest BCUT2D eigenvalue weighted by molar-refractivity contribution is 5.73. The Morgan fingerprint density at radius 2 is 1.92 bits per heavy atom. The number of amides is 1. The minimum absolute atomic E-state index is 0.113. The SMILES string of the molecule is CC(=O)N1CCN(CC(O)COc2c(C)cccc2C)C(C)(C)C1. The first-order valence-corrected chi connectivity index (χ1v) is 8.58. The number of carbonyl (C=O) groups is 1. The fraction of sp³-hybridized carbons (Fsp3) is 0.632. The molecule has 1 aliphatic heterocycles.